The van der Waals surface area contributed by atoms with E-state index in [2.05, 4.69) is 4.90 Å². The second-order valence-electron chi connectivity index (χ2n) is 5.46. The van der Waals surface area contributed by atoms with Gasteiger partial charge in [-0.25, -0.2) is 4.39 Å². The van der Waals surface area contributed by atoms with Crippen LogP contribution >= 0.6 is 0 Å². The summed E-state index contributed by atoms with van der Waals surface area (Å²) in [6.45, 7) is 3.86. The summed E-state index contributed by atoms with van der Waals surface area (Å²) in [6, 6.07) is 6.79. The molecule has 100 valence electrons. The van der Waals surface area contributed by atoms with E-state index in [0.717, 1.165) is 37.2 Å². The third-order valence-corrected chi connectivity index (χ3v) is 4.09. The molecule has 0 spiro atoms. The molecule has 1 heterocycles. The van der Waals surface area contributed by atoms with Crippen LogP contribution in [-0.2, 0) is 4.79 Å². The average molecular weight is 259 g/mol. The number of ketones is 1. The Bertz CT molecular complexity index is 543. The molecule has 1 unspecified atom stereocenters. The van der Waals surface area contributed by atoms with Crippen molar-refractivity contribution in [3.8, 4) is 0 Å². The van der Waals surface area contributed by atoms with Crippen molar-refractivity contribution in [2.24, 2.45) is 5.92 Å². The van der Waals surface area contributed by atoms with Crippen LogP contribution in [0.2, 0.25) is 0 Å². The molecule has 1 fully saturated rings. The number of Topliss-reactive ketones (excluding diaryl/α,β-unsaturated/α-hetero) is 1. The number of allylic oxidation sites excluding steroid dienone is 2. The molecule has 19 heavy (non-hydrogen) atoms. The van der Waals surface area contributed by atoms with E-state index >= 15 is 0 Å². The van der Waals surface area contributed by atoms with Gasteiger partial charge in [-0.3, -0.25) is 4.79 Å². The first-order valence-corrected chi connectivity index (χ1v) is 6.95. The zero-order valence-corrected chi connectivity index (χ0v) is 11.2. The molecular weight excluding hydrogens is 241 g/mol. The highest BCUT2D eigenvalue weighted by atomic mass is 19.1. The summed E-state index contributed by atoms with van der Waals surface area (Å²) in [4.78, 5) is 14.4. The number of likely N-dealkylation sites (tertiary alicyclic amines) is 1. The molecule has 1 atom stereocenters. The van der Waals surface area contributed by atoms with Gasteiger partial charge in [0.2, 0.25) is 0 Å². The Balaban J connectivity index is 2.12. The predicted octanol–water partition coefficient (Wildman–Crippen LogP) is 3.24. The van der Waals surface area contributed by atoms with Crippen LogP contribution in [0.25, 0.3) is 5.57 Å². The van der Waals surface area contributed by atoms with Gasteiger partial charge >= 0.3 is 0 Å². The smallest absolute Gasteiger partial charge is 0.179 e. The topological polar surface area (TPSA) is 20.3 Å². The maximum absolute atomic E-state index is 14.0. The van der Waals surface area contributed by atoms with Gasteiger partial charge in [-0.1, -0.05) is 25.1 Å². The van der Waals surface area contributed by atoms with Crippen LogP contribution < -0.4 is 0 Å². The van der Waals surface area contributed by atoms with E-state index in [1.165, 1.54) is 6.07 Å². The molecule has 1 aromatic carbocycles. The first-order valence-electron chi connectivity index (χ1n) is 6.95. The fourth-order valence-electron chi connectivity index (χ4n) is 3.22. The quantitative estimate of drug-likeness (QED) is 0.812. The molecule has 1 saturated heterocycles. The molecule has 0 aromatic heterocycles. The van der Waals surface area contributed by atoms with E-state index in [1.54, 1.807) is 12.1 Å². The average Bonchev–Trinajstić information content (AvgIpc) is 2.98. The van der Waals surface area contributed by atoms with Gasteiger partial charge in [0.15, 0.2) is 5.78 Å². The normalized spacial score (nSPS) is 23.6. The largest absolute Gasteiger partial charge is 0.368 e. The lowest BCUT2D eigenvalue weighted by Gasteiger charge is -2.21. The Morgan fingerprint density at radius 3 is 2.58 bits per heavy atom. The molecule has 0 radical (unpaired) electrons. The Morgan fingerprint density at radius 2 is 1.89 bits per heavy atom. The van der Waals surface area contributed by atoms with Crippen LogP contribution in [0.5, 0.6) is 0 Å². The highest BCUT2D eigenvalue weighted by Gasteiger charge is 2.35. The SMILES string of the molecule is CC1CC(=O)C(N2CCCC2)=C1c1ccccc1F. The molecule has 2 nitrogen and oxygen atoms in total. The van der Waals surface area contributed by atoms with Gasteiger partial charge in [0, 0.05) is 25.1 Å². The molecule has 1 aliphatic heterocycles. The van der Waals surface area contributed by atoms with Crippen LogP contribution in [0.1, 0.15) is 31.7 Å². The van der Waals surface area contributed by atoms with E-state index in [-0.39, 0.29) is 17.5 Å². The van der Waals surface area contributed by atoms with E-state index in [9.17, 15) is 9.18 Å². The van der Waals surface area contributed by atoms with Crippen molar-refractivity contribution >= 4 is 11.4 Å². The Hall–Kier alpha value is -1.64. The molecule has 0 amide bonds. The van der Waals surface area contributed by atoms with Crippen molar-refractivity contribution < 1.29 is 9.18 Å². The van der Waals surface area contributed by atoms with Crippen molar-refractivity contribution in [3.63, 3.8) is 0 Å². The molecule has 3 heteroatoms. The molecule has 2 aliphatic rings. The zero-order valence-electron chi connectivity index (χ0n) is 11.2. The maximum Gasteiger partial charge on any atom is 0.179 e. The van der Waals surface area contributed by atoms with Gasteiger partial charge < -0.3 is 4.90 Å². The second-order valence-corrected chi connectivity index (χ2v) is 5.46. The minimum atomic E-state index is -0.226. The molecule has 1 aromatic rings. The number of rotatable bonds is 2. The summed E-state index contributed by atoms with van der Waals surface area (Å²) in [5.41, 5.74) is 2.28. The van der Waals surface area contributed by atoms with Crippen molar-refractivity contribution in [2.45, 2.75) is 26.2 Å². The number of hydrogen-bond acceptors (Lipinski definition) is 2. The number of carbonyl (C=O) groups is 1. The highest BCUT2D eigenvalue weighted by molar-refractivity contribution is 6.07. The second kappa shape index (κ2) is 4.80. The number of hydrogen-bond donors (Lipinski definition) is 0. The first-order chi connectivity index (χ1) is 9.18. The monoisotopic (exact) mass is 259 g/mol. The molecule has 3 rings (SSSR count). The molecule has 0 saturated carbocycles. The lowest BCUT2D eigenvalue weighted by atomic mass is 9.95. The summed E-state index contributed by atoms with van der Waals surface area (Å²) < 4.78 is 14.0. The number of nitrogens with zero attached hydrogens (tertiary/aromatic N) is 1. The fourth-order valence-corrected chi connectivity index (χ4v) is 3.22. The molecular formula is C16H18FNO. The standard InChI is InChI=1S/C16H18FNO/c1-11-10-14(19)16(18-8-4-5-9-18)15(11)12-6-2-3-7-13(12)17/h2-3,6-7,11H,4-5,8-10H2,1H3. The van der Waals surface area contributed by atoms with Gasteiger partial charge in [0.05, 0.1) is 5.70 Å². The lowest BCUT2D eigenvalue weighted by molar-refractivity contribution is -0.116. The Labute approximate surface area is 112 Å². The molecule has 1 aliphatic carbocycles. The van der Waals surface area contributed by atoms with Crippen LogP contribution in [-0.4, -0.2) is 23.8 Å². The van der Waals surface area contributed by atoms with Gasteiger partial charge in [-0.05, 0) is 30.4 Å². The molecule has 0 N–H and O–H groups in total. The Morgan fingerprint density at radius 1 is 1.21 bits per heavy atom. The van der Waals surface area contributed by atoms with Crippen molar-refractivity contribution in [1.29, 1.82) is 0 Å². The van der Waals surface area contributed by atoms with Gasteiger partial charge in [0.1, 0.15) is 5.82 Å². The first kappa shape index (κ1) is 12.4. The van der Waals surface area contributed by atoms with Crippen LogP contribution in [0.4, 0.5) is 4.39 Å². The van der Waals surface area contributed by atoms with Gasteiger partial charge in [-0.15, -0.1) is 0 Å². The lowest BCUT2D eigenvalue weighted by Crippen LogP contribution is -2.23. The number of halogens is 1. The van der Waals surface area contributed by atoms with E-state index in [1.807, 2.05) is 13.0 Å². The third-order valence-electron chi connectivity index (χ3n) is 4.09. The number of benzene rings is 1. The van der Waals surface area contributed by atoms with E-state index < -0.39 is 0 Å². The van der Waals surface area contributed by atoms with Crippen molar-refractivity contribution in [3.05, 3.63) is 41.3 Å². The van der Waals surface area contributed by atoms with Crippen LogP contribution in [0, 0.1) is 11.7 Å². The van der Waals surface area contributed by atoms with Crippen LogP contribution in [0.3, 0.4) is 0 Å². The Kier molecular flexibility index (Phi) is 3.13. The van der Waals surface area contributed by atoms with E-state index in [0.29, 0.717) is 12.0 Å². The van der Waals surface area contributed by atoms with Crippen LogP contribution in [0.15, 0.2) is 30.0 Å². The van der Waals surface area contributed by atoms with E-state index in [4.69, 9.17) is 0 Å². The van der Waals surface area contributed by atoms with Crippen molar-refractivity contribution in [2.75, 3.05) is 13.1 Å². The third kappa shape index (κ3) is 2.07. The number of carbonyl (C=O) groups excluding carboxylic acids is 1. The summed E-state index contributed by atoms with van der Waals surface area (Å²) in [7, 11) is 0. The summed E-state index contributed by atoms with van der Waals surface area (Å²) >= 11 is 0. The van der Waals surface area contributed by atoms with Gasteiger partial charge in [-0.2, -0.15) is 0 Å². The van der Waals surface area contributed by atoms with Crippen molar-refractivity contribution in [1.82, 2.24) is 4.90 Å². The minimum Gasteiger partial charge on any atom is -0.368 e. The summed E-state index contributed by atoms with van der Waals surface area (Å²) in [5.74, 6) is 0.0587. The molecule has 0 bridgehead atoms. The summed E-state index contributed by atoms with van der Waals surface area (Å²) in [6.07, 6.45) is 2.75. The zero-order chi connectivity index (χ0) is 13.4. The fraction of sp³-hybridized carbons (Fsp3) is 0.438. The maximum atomic E-state index is 14.0. The minimum absolute atomic E-state index is 0.111. The van der Waals surface area contributed by atoms with Gasteiger partial charge in [0.25, 0.3) is 0 Å². The predicted molar refractivity (Wildman–Crippen MR) is 72.9 cm³/mol. The summed E-state index contributed by atoms with van der Waals surface area (Å²) in [5, 5.41) is 0. The highest BCUT2D eigenvalue weighted by Crippen LogP contribution is 2.40.